The van der Waals surface area contributed by atoms with Crippen molar-refractivity contribution in [2.24, 2.45) is 0 Å². The predicted molar refractivity (Wildman–Crippen MR) is 82.3 cm³/mol. The molecule has 0 spiro atoms. The molecule has 2 atom stereocenters. The molecule has 21 heavy (non-hydrogen) atoms. The molecule has 0 aromatic heterocycles. The van der Waals surface area contributed by atoms with E-state index >= 15 is 0 Å². The van der Waals surface area contributed by atoms with Gasteiger partial charge in [0.1, 0.15) is 0 Å². The van der Waals surface area contributed by atoms with E-state index in [1.54, 1.807) is 19.1 Å². The minimum atomic E-state index is -0.543. The minimum Gasteiger partial charge on any atom is -0.389 e. The number of hydrogen-bond acceptors (Lipinski definition) is 3. The maximum atomic E-state index is 11.8. The van der Waals surface area contributed by atoms with Crippen LogP contribution in [0, 0.1) is 0 Å². The number of urea groups is 1. The van der Waals surface area contributed by atoms with Crippen molar-refractivity contribution in [2.45, 2.75) is 44.8 Å². The van der Waals surface area contributed by atoms with Crippen molar-refractivity contribution in [3.05, 3.63) is 29.8 Å². The van der Waals surface area contributed by atoms with E-state index in [1.807, 2.05) is 12.1 Å². The van der Waals surface area contributed by atoms with Gasteiger partial charge in [0.2, 0.25) is 0 Å². The first-order valence-corrected chi connectivity index (χ1v) is 7.59. The zero-order valence-electron chi connectivity index (χ0n) is 12.5. The number of anilines is 1. The molecule has 1 saturated heterocycles. The lowest BCUT2D eigenvalue weighted by molar-refractivity contribution is 0.0120. The Morgan fingerprint density at radius 1 is 1.48 bits per heavy atom. The summed E-state index contributed by atoms with van der Waals surface area (Å²) in [4.78, 5) is 11.8. The lowest BCUT2D eigenvalue weighted by Crippen LogP contribution is -2.32. The largest absolute Gasteiger partial charge is 0.389 e. The Hall–Kier alpha value is -1.59. The second kappa shape index (κ2) is 8.00. The van der Waals surface area contributed by atoms with Gasteiger partial charge in [-0.2, -0.15) is 0 Å². The Balaban J connectivity index is 1.72. The topological polar surface area (TPSA) is 70.6 Å². The van der Waals surface area contributed by atoms with E-state index < -0.39 is 6.10 Å². The van der Waals surface area contributed by atoms with Crippen molar-refractivity contribution < 1.29 is 14.6 Å². The second-order valence-corrected chi connectivity index (χ2v) is 5.46. The van der Waals surface area contributed by atoms with Gasteiger partial charge in [0.15, 0.2) is 0 Å². The molecule has 0 radical (unpaired) electrons. The summed E-state index contributed by atoms with van der Waals surface area (Å²) in [6.07, 6.45) is 4.02. The van der Waals surface area contributed by atoms with Gasteiger partial charge in [0, 0.05) is 18.8 Å². The normalized spacial score (nSPS) is 19.8. The fraction of sp³-hybridized carbons (Fsp3) is 0.562. The lowest BCUT2D eigenvalue weighted by atomic mass is 10.1. The fourth-order valence-electron chi connectivity index (χ4n) is 2.43. The Morgan fingerprint density at radius 2 is 2.33 bits per heavy atom. The molecule has 1 aliphatic rings. The summed E-state index contributed by atoms with van der Waals surface area (Å²) in [6.45, 7) is 3.14. The zero-order valence-corrected chi connectivity index (χ0v) is 12.5. The van der Waals surface area contributed by atoms with Gasteiger partial charge in [0.25, 0.3) is 0 Å². The molecule has 2 unspecified atom stereocenters. The van der Waals surface area contributed by atoms with Crippen LogP contribution in [-0.4, -0.2) is 30.4 Å². The molecule has 0 saturated carbocycles. The van der Waals surface area contributed by atoms with Crippen LogP contribution in [0.2, 0.25) is 0 Å². The van der Waals surface area contributed by atoms with E-state index in [2.05, 4.69) is 10.6 Å². The van der Waals surface area contributed by atoms with E-state index in [1.165, 1.54) is 6.42 Å². The van der Waals surface area contributed by atoms with Gasteiger partial charge in [-0.15, -0.1) is 0 Å². The average Bonchev–Trinajstić information content (AvgIpc) is 2.48. The van der Waals surface area contributed by atoms with Gasteiger partial charge in [-0.1, -0.05) is 12.1 Å². The molecule has 5 heteroatoms. The standard InChI is InChI=1S/C16H24N2O3/c1-12(19)13-5-4-6-14(11-13)18-16(20)17-9-8-15-7-2-3-10-21-15/h4-6,11-12,15,19H,2-3,7-10H2,1H3,(H2,17,18,20). The molecule has 1 aromatic carbocycles. The highest BCUT2D eigenvalue weighted by Crippen LogP contribution is 2.17. The second-order valence-electron chi connectivity index (χ2n) is 5.46. The van der Waals surface area contributed by atoms with Crippen molar-refractivity contribution >= 4 is 11.7 Å². The Kier molecular flexibility index (Phi) is 6.02. The monoisotopic (exact) mass is 292 g/mol. The van der Waals surface area contributed by atoms with Gasteiger partial charge < -0.3 is 20.5 Å². The number of benzene rings is 1. The van der Waals surface area contributed by atoms with Gasteiger partial charge in [-0.05, 0) is 50.3 Å². The fourth-order valence-corrected chi connectivity index (χ4v) is 2.43. The first kappa shape index (κ1) is 15.8. The van der Waals surface area contributed by atoms with Crippen LogP contribution in [0.25, 0.3) is 0 Å². The Labute approximate surface area is 125 Å². The van der Waals surface area contributed by atoms with Crippen LogP contribution >= 0.6 is 0 Å². The molecule has 2 rings (SSSR count). The summed E-state index contributed by atoms with van der Waals surface area (Å²) in [5.74, 6) is 0. The summed E-state index contributed by atoms with van der Waals surface area (Å²) in [5, 5.41) is 15.1. The summed E-state index contributed by atoms with van der Waals surface area (Å²) in [5.41, 5.74) is 1.46. The molecule has 1 aromatic rings. The van der Waals surface area contributed by atoms with Crippen LogP contribution in [0.15, 0.2) is 24.3 Å². The first-order chi connectivity index (χ1) is 10.1. The molecular weight excluding hydrogens is 268 g/mol. The van der Waals surface area contributed by atoms with Crippen molar-refractivity contribution in [1.29, 1.82) is 0 Å². The maximum Gasteiger partial charge on any atom is 0.319 e. The predicted octanol–water partition coefficient (Wildman–Crippen LogP) is 2.82. The Morgan fingerprint density at radius 3 is 3.05 bits per heavy atom. The van der Waals surface area contributed by atoms with Crippen molar-refractivity contribution in [2.75, 3.05) is 18.5 Å². The lowest BCUT2D eigenvalue weighted by Gasteiger charge is -2.22. The highest BCUT2D eigenvalue weighted by atomic mass is 16.5. The van der Waals surface area contributed by atoms with Crippen molar-refractivity contribution in [1.82, 2.24) is 5.32 Å². The number of ether oxygens (including phenoxy) is 1. The molecule has 5 nitrogen and oxygen atoms in total. The highest BCUT2D eigenvalue weighted by Gasteiger charge is 2.13. The molecule has 3 N–H and O–H groups in total. The third-order valence-corrected chi connectivity index (χ3v) is 3.65. The number of rotatable bonds is 5. The third-order valence-electron chi connectivity index (χ3n) is 3.65. The van der Waals surface area contributed by atoms with Crippen molar-refractivity contribution in [3.8, 4) is 0 Å². The van der Waals surface area contributed by atoms with E-state index in [9.17, 15) is 9.90 Å². The van der Waals surface area contributed by atoms with Crippen LogP contribution in [0.4, 0.5) is 10.5 Å². The van der Waals surface area contributed by atoms with Gasteiger partial charge in [-0.25, -0.2) is 4.79 Å². The number of aliphatic hydroxyl groups is 1. The number of hydrogen-bond donors (Lipinski definition) is 3. The SMILES string of the molecule is CC(O)c1cccc(NC(=O)NCCC2CCCCO2)c1. The summed E-state index contributed by atoms with van der Waals surface area (Å²) in [7, 11) is 0. The summed E-state index contributed by atoms with van der Waals surface area (Å²) < 4.78 is 5.62. The zero-order chi connectivity index (χ0) is 15.1. The molecule has 2 amide bonds. The van der Waals surface area contributed by atoms with Crippen LogP contribution in [0.5, 0.6) is 0 Å². The van der Waals surface area contributed by atoms with Crippen molar-refractivity contribution in [3.63, 3.8) is 0 Å². The average molecular weight is 292 g/mol. The van der Waals surface area contributed by atoms with E-state index in [0.717, 1.165) is 31.4 Å². The molecule has 0 aliphatic carbocycles. The van der Waals surface area contributed by atoms with Gasteiger partial charge >= 0.3 is 6.03 Å². The quantitative estimate of drug-likeness (QED) is 0.781. The summed E-state index contributed by atoms with van der Waals surface area (Å²) in [6, 6.07) is 6.99. The third kappa shape index (κ3) is 5.36. The highest BCUT2D eigenvalue weighted by molar-refractivity contribution is 5.89. The first-order valence-electron chi connectivity index (χ1n) is 7.59. The molecule has 116 valence electrons. The van der Waals surface area contributed by atoms with E-state index in [-0.39, 0.29) is 12.1 Å². The van der Waals surface area contributed by atoms with E-state index in [4.69, 9.17) is 4.74 Å². The van der Waals surface area contributed by atoms with Crippen LogP contribution < -0.4 is 10.6 Å². The molecule has 1 fully saturated rings. The molecule has 1 heterocycles. The van der Waals surface area contributed by atoms with Gasteiger partial charge in [0.05, 0.1) is 12.2 Å². The minimum absolute atomic E-state index is 0.228. The number of nitrogens with one attached hydrogen (secondary N) is 2. The van der Waals surface area contributed by atoms with Gasteiger partial charge in [-0.3, -0.25) is 0 Å². The van der Waals surface area contributed by atoms with Crippen LogP contribution in [0.3, 0.4) is 0 Å². The van der Waals surface area contributed by atoms with E-state index in [0.29, 0.717) is 12.2 Å². The maximum absolute atomic E-state index is 11.8. The number of carbonyl (C=O) groups is 1. The molecular formula is C16H24N2O3. The van der Waals surface area contributed by atoms with Crippen LogP contribution in [-0.2, 0) is 4.74 Å². The molecule has 0 bridgehead atoms. The molecule has 1 aliphatic heterocycles. The smallest absolute Gasteiger partial charge is 0.319 e. The number of aliphatic hydroxyl groups excluding tert-OH is 1. The Bertz CT molecular complexity index is 457. The van der Waals surface area contributed by atoms with Crippen LogP contribution in [0.1, 0.15) is 44.3 Å². The number of amides is 2. The number of carbonyl (C=O) groups excluding carboxylic acids is 1. The summed E-state index contributed by atoms with van der Waals surface area (Å²) >= 11 is 0.